The molecule has 0 bridgehead atoms. The summed E-state index contributed by atoms with van der Waals surface area (Å²) in [4.78, 5) is 29.9. The second-order valence-corrected chi connectivity index (χ2v) is 11.0. The molecular formula is C27H30ClN5O2S. The third-order valence-corrected chi connectivity index (χ3v) is 7.98. The van der Waals surface area contributed by atoms with Crippen LogP contribution < -0.4 is 10.2 Å². The molecule has 36 heavy (non-hydrogen) atoms. The number of ketones is 1. The van der Waals surface area contributed by atoms with Crippen LogP contribution in [-0.4, -0.2) is 46.4 Å². The summed E-state index contributed by atoms with van der Waals surface area (Å²) < 4.78 is 0. The van der Waals surface area contributed by atoms with Crippen molar-refractivity contribution in [2.24, 2.45) is 5.92 Å². The van der Waals surface area contributed by atoms with Gasteiger partial charge in [-0.05, 0) is 67.2 Å². The predicted molar refractivity (Wildman–Crippen MR) is 144 cm³/mol. The Hall–Kier alpha value is -2.81. The van der Waals surface area contributed by atoms with E-state index < -0.39 is 0 Å². The topological polar surface area (TPSA) is 78.4 Å². The highest BCUT2D eigenvalue weighted by Crippen LogP contribution is 2.29. The highest BCUT2D eigenvalue weighted by Gasteiger charge is 2.32. The Morgan fingerprint density at radius 3 is 2.47 bits per heavy atom. The second-order valence-electron chi connectivity index (χ2n) is 9.60. The van der Waals surface area contributed by atoms with Crippen molar-refractivity contribution < 1.29 is 9.59 Å². The lowest BCUT2D eigenvalue weighted by atomic mass is 10.0. The van der Waals surface area contributed by atoms with Gasteiger partial charge in [0.1, 0.15) is 0 Å². The molecule has 5 rings (SSSR count). The number of hydrogen-bond acceptors (Lipinski definition) is 7. The number of rotatable bonds is 9. The molecule has 2 aliphatic rings. The molecule has 0 aliphatic carbocycles. The van der Waals surface area contributed by atoms with Crippen LogP contribution in [-0.2, 0) is 17.9 Å². The van der Waals surface area contributed by atoms with Gasteiger partial charge in [-0.1, -0.05) is 53.6 Å². The summed E-state index contributed by atoms with van der Waals surface area (Å²) in [6.45, 7) is 4.41. The van der Waals surface area contributed by atoms with Crippen LogP contribution in [0, 0.1) is 5.92 Å². The molecule has 1 N–H and O–H groups in total. The summed E-state index contributed by atoms with van der Waals surface area (Å²) in [5, 5.41) is 13.0. The molecule has 1 amide bonds. The highest BCUT2D eigenvalue weighted by atomic mass is 35.5. The second kappa shape index (κ2) is 11.5. The quantitative estimate of drug-likeness (QED) is 0.377. The number of carbonyl (C=O) groups is 2. The maximum Gasteiger partial charge on any atom is 0.227 e. The average Bonchev–Trinajstić information content (AvgIpc) is 3.51. The zero-order valence-corrected chi connectivity index (χ0v) is 21.7. The lowest BCUT2D eigenvalue weighted by Crippen LogP contribution is -2.29. The molecular weight excluding hydrogens is 494 g/mol. The van der Waals surface area contributed by atoms with Gasteiger partial charge in [-0.25, -0.2) is 0 Å². The van der Waals surface area contributed by atoms with Gasteiger partial charge in [0.25, 0.3) is 0 Å². The molecule has 0 saturated carbocycles. The van der Waals surface area contributed by atoms with Gasteiger partial charge in [-0.15, -0.1) is 10.2 Å². The summed E-state index contributed by atoms with van der Waals surface area (Å²) in [5.41, 5.74) is 3.24. The molecule has 1 atom stereocenters. The maximum absolute atomic E-state index is 12.8. The van der Waals surface area contributed by atoms with Crippen LogP contribution in [0.25, 0.3) is 0 Å². The van der Waals surface area contributed by atoms with Gasteiger partial charge in [0, 0.05) is 43.2 Å². The number of piperidine rings is 1. The fraction of sp³-hybridized carbons (Fsp3) is 0.407. The summed E-state index contributed by atoms with van der Waals surface area (Å²) >= 11 is 7.17. The van der Waals surface area contributed by atoms with Crippen molar-refractivity contribution in [1.82, 2.24) is 15.1 Å². The zero-order chi connectivity index (χ0) is 24.9. The average molecular weight is 524 g/mol. The van der Waals surface area contributed by atoms with Crippen LogP contribution >= 0.6 is 22.9 Å². The largest absolute Gasteiger partial charge is 0.356 e. The van der Waals surface area contributed by atoms with Crippen molar-refractivity contribution in [2.75, 3.05) is 29.9 Å². The molecule has 3 aromatic rings. The van der Waals surface area contributed by atoms with Gasteiger partial charge in [0.2, 0.25) is 11.0 Å². The van der Waals surface area contributed by atoms with E-state index in [0.29, 0.717) is 41.1 Å². The Kier molecular flexibility index (Phi) is 7.94. The zero-order valence-electron chi connectivity index (χ0n) is 20.2. The monoisotopic (exact) mass is 523 g/mol. The van der Waals surface area contributed by atoms with Crippen molar-refractivity contribution >= 4 is 45.4 Å². The SMILES string of the molecule is O=C(CC1CC(=O)N(c2ccc(CN3CCCCC3)cc2)C1)c1nnc(NCc2ccc(Cl)cc2)s1. The smallest absolute Gasteiger partial charge is 0.227 e. The lowest BCUT2D eigenvalue weighted by molar-refractivity contribution is -0.117. The molecule has 1 unspecified atom stereocenters. The van der Waals surface area contributed by atoms with E-state index >= 15 is 0 Å². The normalized spacial score (nSPS) is 18.5. The Morgan fingerprint density at radius 2 is 1.72 bits per heavy atom. The van der Waals surface area contributed by atoms with Crippen LogP contribution in [0.15, 0.2) is 48.5 Å². The summed E-state index contributed by atoms with van der Waals surface area (Å²) in [6.07, 6.45) is 4.55. The number of nitrogens with zero attached hydrogens (tertiary/aromatic N) is 4. The van der Waals surface area contributed by atoms with Crippen molar-refractivity contribution in [3.63, 3.8) is 0 Å². The Morgan fingerprint density at radius 1 is 1.00 bits per heavy atom. The number of hydrogen-bond donors (Lipinski definition) is 1. The van der Waals surface area contributed by atoms with E-state index in [2.05, 4.69) is 32.5 Å². The first-order chi connectivity index (χ1) is 17.5. The number of benzene rings is 2. The van der Waals surface area contributed by atoms with Crippen LogP contribution in [0.5, 0.6) is 0 Å². The fourth-order valence-corrected chi connectivity index (χ4v) is 5.68. The van der Waals surface area contributed by atoms with Crippen LogP contribution in [0.2, 0.25) is 5.02 Å². The summed E-state index contributed by atoms with van der Waals surface area (Å²) in [6, 6.07) is 15.9. The minimum Gasteiger partial charge on any atom is -0.356 e. The summed E-state index contributed by atoms with van der Waals surface area (Å²) in [5.74, 6) is -0.0184. The number of anilines is 2. The van der Waals surface area contributed by atoms with E-state index in [9.17, 15) is 9.59 Å². The van der Waals surface area contributed by atoms with E-state index in [0.717, 1.165) is 30.9 Å². The number of Topliss-reactive ketones (excluding diaryl/α,β-unsaturated/α-hetero) is 1. The van der Waals surface area contributed by atoms with Gasteiger partial charge >= 0.3 is 0 Å². The summed E-state index contributed by atoms with van der Waals surface area (Å²) in [7, 11) is 0. The van der Waals surface area contributed by atoms with E-state index in [1.807, 2.05) is 41.3 Å². The van der Waals surface area contributed by atoms with E-state index in [-0.39, 0.29) is 17.6 Å². The van der Waals surface area contributed by atoms with E-state index in [4.69, 9.17) is 11.6 Å². The predicted octanol–water partition coefficient (Wildman–Crippen LogP) is 5.42. The van der Waals surface area contributed by atoms with Gasteiger partial charge < -0.3 is 10.2 Å². The highest BCUT2D eigenvalue weighted by molar-refractivity contribution is 7.17. The number of nitrogens with one attached hydrogen (secondary N) is 1. The first-order valence-electron chi connectivity index (χ1n) is 12.5. The van der Waals surface area contributed by atoms with E-state index in [1.54, 1.807) is 0 Å². The number of carbonyl (C=O) groups excluding carboxylic acids is 2. The molecule has 1 aromatic heterocycles. The third kappa shape index (κ3) is 6.30. The lowest BCUT2D eigenvalue weighted by Gasteiger charge is -2.26. The van der Waals surface area contributed by atoms with Gasteiger partial charge in [0.05, 0.1) is 0 Å². The van der Waals surface area contributed by atoms with Crippen LogP contribution in [0.3, 0.4) is 0 Å². The Labute approximate surface area is 220 Å². The first-order valence-corrected chi connectivity index (χ1v) is 13.7. The van der Waals surface area contributed by atoms with Crippen molar-refractivity contribution in [3.05, 3.63) is 69.7 Å². The van der Waals surface area contributed by atoms with Crippen molar-refractivity contribution in [1.29, 1.82) is 0 Å². The van der Waals surface area contributed by atoms with Crippen molar-refractivity contribution in [2.45, 2.75) is 45.2 Å². The minimum atomic E-state index is -0.0661. The maximum atomic E-state index is 12.8. The molecule has 2 saturated heterocycles. The number of amides is 1. The fourth-order valence-electron chi connectivity index (χ4n) is 4.86. The minimum absolute atomic E-state index is 0.0209. The van der Waals surface area contributed by atoms with Crippen LogP contribution in [0.4, 0.5) is 10.8 Å². The Balaban J connectivity index is 1.12. The first kappa shape index (κ1) is 24.9. The van der Waals surface area contributed by atoms with Crippen LogP contribution in [0.1, 0.15) is 53.0 Å². The number of likely N-dealkylation sites (tertiary alicyclic amines) is 1. The Bertz CT molecular complexity index is 1190. The van der Waals surface area contributed by atoms with Crippen molar-refractivity contribution in [3.8, 4) is 0 Å². The third-order valence-electron chi connectivity index (χ3n) is 6.80. The molecule has 0 radical (unpaired) electrons. The molecule has 7 nitrogen and oxygen atoms in total. The molecule has 2 aliphatic heterocycles. The molecule has 3 heterocycles. The molecule has 9 heteroatoms. The molecule has 0 spiro atoms. The van der Waals surface area contributed by atoms with E-state index in [1.165, 1.54) is 36.2 Å². The standard InChI is InChI=1S/C27H30ClN5O2S/c28-22-8-4-19(5-9-22)16-29-27-31-30-26(36-27)24(34)14-21-15-25(35)33(18-21)23-10-6-20(7-11-23)17-32-12-2-1-3-13-32/h4-11,21H,1-3,12-18H2,(H,29,31). The van der Waals surface area contributed by atoms with Gasteiger partial charge in [-0.2, -0.15) is 0 Å². The molecule has 2 aromatic carbocycles. The number of halogens is 1. The number of aromatic nitrogens is 2. The molecule has 188 valence electrons. The van der Waals surface area contributed by atoms with Gasteiger partial charge in [-0.3, -0.25) is 14.5 Å². The molecule has 2 fully saturated rings. The van der Waals surface area contributed by atoms with Gasteiger partial charge in [0.15, 0.2) is 10.8 Å².